The molecule has 0 spiro atoms. The van der Waals surface area contributed by atoms with Gasteiger partial charge in [0.25, 0.3) is 0 Å². The van der Waals surface area contributed by atoms with Crippen LogP contribution in [0.25, 0.3) is 0 Å². The molecule has 2 saturated heterocycles. The molecule has 6 heteroatoms. The van der Waals surface area contributed by atoms with E-state index < -0.39 is 11.7 Å². The Kier molecular flexibility index (Phi) is 5.25. The average Bonchev–Trinajstić information content (AvgIpc) is 2.61. The van der Waals surface area contributed by atoms with Crippen LogP contribution in [0.15, 0.2) is 24.3 Å². The average molecular weight is 341 g/mol. The summed E-state index contributed by atoms with van der Waals surface area (Å²) in [4.78, 5) is 15.0. The lowest BCUT2D eigenvalue weighted by Crippen LogP contribution is -2.46. The fourth-order valence-electron chi connectivity index (χ4n) is 3.69. The van der Waals surface area contributed by atoms with Crippen LogP contribution in [0.4, 0.5) is 13.2 Å². The fourth-order valence-corrected chi connectivity index (χ4v) is 3.69. The summed E-state index contributed by atoms with van der Waals surface area (Å²) < 4.78 is 43.9. The summed E-state index contributed by atoms with van der Waals surface area (Å²) >= 11 is 0. The van der Waals surface area contributed by atoms with Gasteiger partial charge in [-0.05, 0) is 44.4 Å². The topological polar surface area (TPSA) is 29.5 Å². The van der Waals surface area contributed by atoms with Crippen molar-refractivity contribution in [1.29, 1.82) is 0 Å². The quantitative estimate of drug-likeness (QED) is 0.784. The number of ether oxygens (including phenoxy) is 1. The minimum Gasteiger partial charge on any atom is -0.381 e. The standard InChI is InChI=1S/C18H22F3NO2/c19-18(20,21)15-5-1-3-13(11-15)17(23)14-4-2-8-22(12-14)16-6-9-24-10-7-16/h1,3,5,11,14,16H,2,4,6-10,12H2. The molecule has 0 aliphatic carbocycles. The smallest absolute Gasteiger partial charge is 0.381 e. The molecule has 0 bridgehead atoms. The Bertz CT molecular complexity index is 582. The highest BCUT2D eigenvalue weighted by atomic mass is 19.4. The largest absolute Gasteiger partial charge is 0.416 e. The second kappa shape index (κ2) is 7.23. The maximum Gasteiger partial charge on any atom is 0.416 e. The Labute approximate surface area is 139 Å². The van der Waals surface area contributed by atoms with E-state index >= 15 is 0 Å². The normalized spacial score (nSPS) is 24.0. The number of halogens is 3. The lowest BCUT2D eigenvalue weighted by atomic mass is 9.88. The molecule has 1 aromatic carbocycles. The third-order valence-electron chi connectivity index (χ3n) is 5.01. The van der Waals surface area contributed by atoms with E-state index in [-0.39, 0.29) is 17.3 Å². The van der Waals surface area contributed by atoms with Crippen molar-refractivity contribution in [3.05, 3.63) is 35.4 Å². The number of carbonyl (C=O) groups is 1. The molecule has 1 aromatic rings. The summed E-state index contributed by atoms with van der Waals surface area (Å²) in [6.45, 7) is 3.08. The summed E-state index contributed by atoms with van der Waals surface area (Å²) in [6, 6.07) is 5.22. The first-order valence-corrected chi connectivity index (χ1v) is 8.48. The van der Waals surface area contributed by atoms with Crippen LogP contribution in [0.2, 0.25) is 0 Å². The molecular weight excluding hydrogens is 319 g/mol. The zero-order valence-electron chi connectivity index (χ0n) is 13.5. The number of Topliss-reactive ketones (excluding diaryl/α,β-unsaturated/α-hetero) is 1. The summed E-state index contributed by atoms with van der Waals surface area (Å²) in [6.07, 6.45) is -0.840. The number of hydrogen-bond donors (Lipinski definition) is 0. The Morgan fingerprint density at radius 3 is 2.62 bits per heavy atom. The van der Waals surface area contributed by atoms with Crippen molar-refractivity contribution in [2.24, 2.45) is 5.92 Å². The molecule has 0 saturated carbocycles. The lowest BCUT2D eigenvalue weighted by molar-refractivity contribution is -0.137. The monoisotopic (exact) mass is 341 g/mol. The summed E-state index contributed by atoms with van der Waals surface area (Å²) in [7, 11) is 0. The molecule has 1 unspecified atom stereocenters. The number of piperidine rings is 1. The number of rotatable bonds is 3. The van der Waals surface area contributed by atoms with Crippen LogP contribution in [0.3, 0.4) is 0 Å². The highest BCUT2D eigenvalue weighted by molar-refractivity contribution is 5.98. The van der Waals surface area contributed by atoms with Crippen molar-refractivity contribution in [1.82, 2.24) is 4.90 Å². The molecule has 2 fully saturated rings. The Morgan fingerprint density at radius 2 is 1.92 bits per heavy atom. The second-order valence-corrected chi connectivity index (χ2v) is 6.62. The SMILES string of the molecule is O=C(c1cccc(C(F)(F)F)c1)C1CCCN(C2CCOCC2)C1. The Balaban J connectivity index is 1.70. The van der Waals surface area contributed by atoms with Gasteiger partial charge in [0, 0.05) is 37.3 Å². The van der Waals surface area contributed by atoms with E-state index in [4.69, 9.17) is 4.74 Å². The molecule has 3 nitrogen and oxygen atoms in total. The predicted octanol–water partition coefficient (Wildman–Crippen LogP) is 3.78. The van der Waals surface area contributed by atoms with Crippen LogP contribution < -0.4 is 0 Å². The summed E-state index contributed by atoms with van der Waals surface area (Å²) in [5, 5.41) is 0. The fraction of sp³-hybridized carbons (Fsp3) is 0.611. The lowest BCUT2D eigenvalue weighted by Gasteiger charge is -2.39. The van der Waals surface area contributed by atoms with Gasteiger partial charge in [0.05, 0.1) is 5.56 Å². The highest BCUT2D eigenvalue weighted by Gasteiger charge is 2.33. The van der Waals surface area contributed by atoms with E-state index in [9.17, 15) is 18.0 Å². The van der Waals surface area contributed by atoms with Gasteiger partial charge in [0.2, 0.25) is 0 Å². The first-order chi connectivity index (χ1) is 11.4. The van der Waals surface area contributed by atoms with Crippen molar-refractivity contribution < 1.29 is 22.7 Å². The van der Waals surface area contributed by atoms with Gasteiger partial charge in [-0.15, -0.1) is 0 Å². The molecule has 0 aromatic heterocycles. The van der Waals surface area contributed by atoms with Gasteiger partial charge < -0.3 is 4.74 Å². The molecule has 2 aliphatic heterocycles. The van der Waals surface area contributed by atoms with Gasteiger partial charge in [-0.25, -0.2) is 0 Å². The number of nitrogens with zero attached hydrogens (tertiary/aromatic N) is 1. The van der Waals surface area contributed by atoms with Crippen molar-refractivity contribution >= 4 is 5.78 Å². The van der Waals surface area contributed by atoms with Crippen LogP contribution in [0.1, 0.15) is 41.6 Å². The number of hydrogen-bond acceptors (Lipinski definition) is 3. The first-order valence-electron chi connectivity index (χ1n) is 8.48. The summed E-state index contributed by atoms with van der Waals surface area (Å²) in [5.41, 5.74) is -0.589. The minimum absolute atomic E-state index is 0.169. The molecular formula is C18H22F3NO2. The van der Waals surface area contributed by atoms with Gasteiger partial charge in [-0.1, -0.05) is 12.1 Å². The van der Waals surface area contributed by atoms with E-state index in [1.807, 2.05) is 0 Å². The van der Waals surface area contributed by atoms with Gasteiger partial charge >= 0.3 is 6.18 Å². The number of ketones is 1. The van der Waals surface area contributed by atoms with Crippen LogP contribution >= 0.6 is 0 Å². The third kappa shape index (κ3) is 3.98. The van der Waals surface area contributed by atoms with E-state index in [2.05, 4.69) is 4.90 Å². The van der Waals surface area contributed by atoms with Crippen molar-refractivity contribution in [3.8, 4) is 0 Å². The number of benzene rings is 1. The van der Waals surface area contributed by atoms with Crippen LogP contribution in [0.5, 0.6) is 0 Å². The predicted molar refractivity (Wildman–Crippen MR) is 83.9 cm³/mol. The van der Waals surface area contributed by atoms with Crippen LogP contribution in [-0.2, 0) is 10.9 Å². The Hall–Kier alpha value is -1.40. The van der Waals surface area contributed by atoms with E-state index in [1.54, 1.807) is 0 Å². The Morgan fingerprint density at radius 1 is 1.17 bits per heavy atom. The van der Waals surface area contributed by atoms with Crippen molar-refractivity contribution in [2.45, 2.75) is 37.9 Å². The zero-order chi connectivity index (χ0) is 17.2. The van der Waals surface area contributed by atoms with Gasteiger partial charge in [0.1, 0.15) is 0 Å². The van der Waals surface area contributed by atoms with E-state index in [1.165, 1.54) is 12.1 Å². The molecule has 0 N–H and O–H groups in total. The maximum atomic E-state index is 12.8. The molecule has 132 valence electrons. The van der Waals surface area contributed by atoms with Gasteiger partial charge in [0.15, 0.2) is 5.78 Å². The second-order valence-electron chi connectivity index (χ2n) is 6.62. The molecule has 0 radical (unpaired) electrons. The molecule has 24 heavy (non-hydrogen) atoms. The number of alkyl halides is 3. The number of likely N-dealkylation sites (tertiary alicyclic amines) is 1. The van der Waals surface area contributed by atoms with E-state index in [0.29, 0.717) is 12.6 Å². The number of carbonyl (C=O) groups excluding carboxylic acids is 1. The van der Waals surface area contributed by atoms with Crippen LogP contribution in [0, 0.1) is 5.92 Å². The minimum atomic E-state index is -4.42. The molecule has 1 atom stereocenters. The summed E-state index contributed by atoms with van der Waals surface area (Å²) in [5.74, 6) is -0.386. The van der Waals surface area contributed by atoms with E-state index in [0.717, 1.165) is 57.6 Å². The molecule has 2 heterocycles. The zero-order valence-corrected chi connectivity index (χ0v) is 13.5. The third-order valence-corrected chi connectivity index (χ3v) is 5.01. The maximum absolute atomic E-state index is 12.8. The molecule has 3 rings (SSSR count). The van der Waals surface area contributed by atoms with Crippen LogP contribution in [-0.4, -0.2) is 43.0 Å². The highest BCUT2D eigenvalue weighted by Crippen LogP contribution is 2.31. The molecule has 0 amide bonds. The van der Waals surface area contributed by atoms with Crippen molar-refractivity contribution in [2.75, 3.05) is 26.3 Å². The van der Waals surface area contributed by atoms with Gasteiger partial charge in [-0.3, -0.25) is 9.69 Å². The first kappa shape index (κ1) is 17.4. The van der Waals surface area contributed by atoms with Gasteiger partial charge in [-0.2, -0.15) is 13.2 Å². The molecule has 2 aliphatic rings. The van der Waals surface area contributed by atoms with Crippen molar-refractivity contribution in [3.63, 3.8) is 0 Å².